The first-order chi connectivity index (χ1) is 7.30. The predicted octanol–water partition coefficient (Wildman–Crippen LogP) is 1.77. The van der Waals surface area contributed by atoms with Crippen molar-refractivity contribution in [2.75, 3.05) is 5.32 Å². The third kappa shape index (κ3) is 3.09. The average Bonchev–Trinajstić information content (AvgIpc) is 2.15. The lowest BCUT2D eigenvalue weighted by Gasteiger charge is -2.13. The van der Waals surface area contributed by atoms with E-state index in [-0.39, 0.29) is 5.69 Å². The van der Waals surface area contributed by atoms with Gasteiger partial charge in [-0.25, -0.2) is 4.79 Å². The number of aromatic nitrogens is 1. The number of carbonyl (C=O) groups is 1. The Balaban J connectivity index is 2.83. The minimum atomic E-state index is -4.80. The van der Waals surface area contributed by atoms with Gasteiger partial charge in [0.2, 0.25) is 0 Å². The molecule has 0 aliphatic carbocycles. The maximum Gasteiger partial charge on any atom is 0.420 e. The molecule has 0 aliphatic rings. The summed E-state index contributed by atoms with van der Waals surface area (Å²) in [5.74, 6) is 0. The van der Waals surface area contributed by atoms with Crippen molar-refractivity contribution in [3.05, 3.63) is 24.0 Å². The van der Waals surface area contributed by atoms with Crippen LogP contribution in [0.1, 0.15) is 11.8 Å². The topological polar surface area (TPSA) is 82.5 Å². The summed E-state index contributed by atoms with van der Waals surface area (Å²) < 4.78 is 36.1. The van der Waals surface area contributed by atoms with Crippen LogP contribution in [-0.4, -0.2) is 27.5 Å². The zero-order chi connectivity index (χ0) is 12.3. The van der Waals surface area contributed by atoms with Gasteiger partial charge in [0.05, 0.1) is 17.6 Å². The van der Waals surface area contributed by atoms with Crippen LogP contribution < -0.4 is 5.32 Å². The van der Waals surface area contributed by atoms with Crippen LogP contribution in [-0.2, 0) is 0 Å². The zero-order valence-corrected chi connectivity index (χ0v) is 7.69. The minimum Gasteiger partial charge on any atom is -0.465 e. The van der Waals surface area contributed by atoms with Crippen molar-refractivity contribution in [2.45, 2.75) is 12.3 Å². The van der Waals surface area contributed by atoms with Gasteiger partial charge in [0.15, 0.2) is 6.10 Å². The van der Waals surface area contributed by atoms with Gasteiger partial charge in [0, 0.05) is 0 Å². The summed E-state index contributed by atoms with van der Waals surface area (Å²) in [6, 6.07) is 1.97. The maximum atomic E-state index is 12.0. The predicted molar refractivity (Wildman–Crippen MR) is 46.9 cm³/mol. The fourth-order valence-corrected chi connectivity index (χ4v) is 0.932. The van der Waals surface area contributed by atoms with Gasteiger partial charge in [-0.3, -0.25) is 10.3 Å². The molecule has 0 saturated heterocycles. The normalized spacial score (nSPS) is 13.2. The molecule has 0 aliphatic heterocycles. The molecule has 0 saturated carbocycles. The summed E-state index contributed by atoms with van der Waals surface area (Å²) >= 11 is 0. The van der Waals surface area contributed by atoms with E-state index < -0.39 is 24.1 Å². The monoisotopic (exact) mass is 236 g/mol. The molecule has 1 unspecified atom stereocenters. The van der Waals surface area contributed by atoms with Gasteiger partial charge in [0.1, 0.15) is 0 Å². The molecule has 0 bridgehead atoms. The Morgan fingerprint density at radius 3 is 2.44 bits per heavy atom. The molecular formula is C8H7F3N2O3. The fourth-order valence-electron chi connectivity index (χ4n) is 0.932. The molecule has 0 aromatic carbocycles. The molecule has 0 radical (unpaired) electrons. The van der Waals surface area contributed by atoms with Crippen molar-refractivity contribution in [2.24, 2.45) is 0 Å². The average molecular weight is 236 g/mol. The first-order valence-corrected chi connectivity index (χ1v) is 4.01. The number of hydrogen-bond donors (Lipinski definition) is 3. The Kier molecular flexibility index (Phi) is 3.33. The Hall–Kier alpha value is -1.83. The first kappa shape index (κ1) is 12.2. The molecule has 5 nitrogen and oxygen atoms in total. The van der Waals surface area contributed by atoms with Gasteiger partial charge < -0.3 is 10.2 Å². The van der Waals surface area contributed by atoms with E-state index in [1.807, 2.05) is 5.32 Å². The van der Waals surface area contributed by atoms with Crippen LogP contribution in [0, 0.1) is 0 Å². The van der Waals surface area contributed by atoms with Crippen molar-refractivity contribution < 1.29 is 28.2 Å². The van der Waals surface area contributed by atoms with E-state index in [4.69, 9.17) is 10.2 Å². The van der Waals surface area contributed by atoms with Crippen molar-refractivity contribution >= 4 is 11.8 Å². The smallest absolute Gasteiger partial charge is 0.420 e. The maximum absolute atomic E-state index is 12.0. The number of pyridine rings is 1. The summed E-state index contributed by atoms with van der Waals surface area (Å²) in [6.07, 6.45) is -7.94. The number of aliphatic hydroxyl groups is 1. The number of rotatable bonds is 2. The largest absolute Gasteiger partial charge is 0.465 e. The number of aliphatic hydroxyl groups excluding tert-OH is 1. The molecular weight excluding hydrogens is 229 g/mol. The molecule has 3 N–H and O–H groups in total. The summed E-state index contributed by atoms with van der Waals surface area (Å²) in [7, 11) is 0. The standard InChI is InChI=1S/C8H7F3N2O3/c9-8(10,11)6(14)5-2-1-4(3-12-5)13-7(15)16/h1-3,6,13-14H,(H,15,16). The Bertz CT molecular complexity index is 377. The number of carboxylic acid groups (broad SMARTS) is 1. The van der Waals surface area contributed by atoms with Gasteiger partial charge in [0.25, 0.3) is 0 Å². The second-order valence-corrected chi connectivity index (χ2v) is 2.85. The highest BCUT2D eigenvalue weighted by Crippen LogP contribution is 2.31. The first-order valence-electron chi connectivity index (χ1n) is 4.01. The number of amides is 1. The van der Waals surface area contributed by atoms with Crippen molar-refractivity contribution in [1.82, 2.24) is 4.98 Å². The second-order valence-electron chi connectivity index (χ2n) is 2.85. The lowest BCUT2D eigenvalue weighted by Crippen LogP contribution is -2.21. The van der Waals surface area contributed by atoms with Crippen LogP contribution in [0.15, 0.2) is 18.3 Å². The lowest BCUT2D eigenvalue weighted by atomic mass is 10.2. The van der Waals surface area contributed by atoms with E-state index in [9.17, 15) is 18.0 Å². The third-order valence-corrected chi connectivity index (χ3v) is 1.63. The molecule has 0 spiro atoms. The summed E-state index contributed by atoms with van der Waals surface area (Å²) in [5.41, 5.74) is -0.575. The highest BCUT2D eigenvalue weighted by atomic mass is 19.4. The van der Waals surface area contributed by atoms with Gasteiger partial charge in [-0.1, -0.05) is 0 Å². The van der Waals surface area contributed by atoms with Crippen molar-refractivity contribution in [3.63, 3.8) is 0 Å². The molecule has 0 fully saturated rings. The fraction of sp³-hybridized carbons (Fsp3) is 0.250. The van der Waals surface area contributed by atoms with Crippen LogP contribution in [0.3, 0.4) is 0 Å². The van der Waals surface area contributed by atoms with E-state index in [1.165, 1.54) is 0 Å². The molecule has 1 aromatic heterocycles. The summed E-state index contributed by atoms with van der Waals surface area (Å²) in [6.45, 7) is 0. The molecule has 1 atom stereocenters. The number of anilines is 1. The Labute approximate surface area is 87.5 Å². The number of halogens is 3. The highest BCUT2D eigenvalue weighted by Gasteiger charge is 2.40. The Morgan fingerprint density at radius 1 is 1.44 bits per heavy atom. The van der Waals surface area contributed by atoms with E-state index >= 15 is 0 Å². The van der Waals surface area contributed by atoms with E-state index in [0.717, 1.165) is 18.3 Å². The summed E-state index contributed by atoms with van der Waals surface area (Å²) in [4.78, 5) is 13.5. The minimum absolute atomic E-state index is 0.0191. The highest BCUT2D eigenvalue weighted by molar-refractivity contribution is 5.82. The molecule has 88 valence electrons. The number of hydrogen-bond acceptors (Lipinski definition) is 3. The lowest BCUT2D eigenvalue weighted by molar-refractivity contribution is -0.207. The van der Waals surface area contributed by atoms with Crippen LogP contribution in [0.4, 0.5) is 23.7 Å². The Morgan fingerprint density at radius 2 is 2.06 bits per heavy atom. The quantitative estimate of drug-likeness (QED) is 0.730. The summed E-state index contributed by atoms with van der Waals surface area (Å²) in [5, 5.41) is 19.0. The van der Waals surface area contributed by atoms with Crippen molar-refractivity contribution in [3.8, 4) is 0 Å². The van der Waals surface area contributed by atoms with Gasteiger partial charge in [-0.15, -0.1) is 0 Å². The third-order valence-electron chi connectivity index (χ3n) is 1.63. The molecule has 8 heteroatoms. The molecule has 1 aromatic rings. The van der Waals surface area contributed by atoms with Crippen molar-refractivity contribution in [1.29, 1.82) is 0 Å². The number of alkyl halides is 3. The molecule has 1 heterocycles. The van der Waals surface area contributed by atoms with Gasteiger partial charge in [-0.05, 0) is 12.1 Å². The molecule has 1 rings (SSSR count). The van der Waals surface area contributed by atoms with E-state index in [2.05, 4.69) is 4.98 Å². The van der Waals surface area contributed by atoms with Crippen LogP contribution >= 0.6 is 0 Å². The van der Waals surface area contributed by atoms with Crippen LogP contribution in [0.25, 0.3) is 0 Å². The van der Waals surface area contributed by atoms with Crippen LogP contribution in [0.5, 0.6) is 0 Å². The SMILES string of the molecule is O=C(O)Nc1ccc(C(O)C(F)(F)F)nc1. The van der Waals surface area contributed by atoms with Gasteiger partial charge in [-0.2, -0.15) is 13.2 Å². The molecule has 1 amide bonds. The van der Waals surface area contributed by atoms with E-state index in [0.29, 0.717) is 0 Å². The van der Waals surface area contributed by atoms with E-state index in [1.54, 1.807) is 0 Å². The van der Waals surface area contributed by atoms with Gasteiger partial charge >= 0.3 is 12.3 Å². The van der Waals surface area contributed by atoms with Crippen LogP contribution in [0.2, 0.25) is 0 Å². The molecule has 16 heavy (non-hydrogen) atoms. The zero-order valence-electron chi connectivity index (χ0n) is 7.69. The number of nitrogens with one attached hydrogen (secondary N) is 1. The number of nitrogens with zero attached hydrogens (tertiary/aromatic N) is 1. The second kappa shape index (κ2) is 4.35.